The van der Waals surface area contributed by atoms with E-state index in [9.17, 15) is 9.59 Å². The van der Waals surface area contributed by atoms with Gasteiger partial charge in [0.05, 0.1) is 23.3 Å². The number of allylic oxidation sites excluding steroid dienone is 2. The maximum absolute atomic E-state index is 13.2. The summed E-state index contributed by atoms with van der Waals surface area (Å²) in [6, 6.07) is 13.7. The maximum atomic E-state index is 13.2. The number of Topliss-reactive ketones (excluding diaryl/α,β-unsaturated/α-hetero) is 1. The number of carbonyl (C=O) groups is 2. The second-order valence-corrected chi connectivity index (χ2v) is 10.5. The highest BCUT2D eigenvalue weighted by Crippen LogP contribution is 2.34. The zero-order chi connectivity index (χ0) is 26.9. The highest BCUT2D eigenvalue weighted by molar-refractivity contribution is 6.31. The number of nitrogens with zero attached hydrogens (tertiary/aromatic N) is 3. The molecule has 2 aromatic rings. The van der Waals surface area contributed by atoms with Gasteiger partial charge in [-0.25, -0.2) is 9.79 Å². The molecule has 0 radical (unpaired) electrons. The van der Waals surface area contributed by atoms with Crippen LogP contribution in [0.3, 0.4) is 0 Å². The summed E-state index contributed by atoms with van der Waals surface area (Å²) in [6.07, 6.45) is 3.49. The predicted octanol–water partition coefficient (Wildman–Crippen LogP) is 6.45. The first-order chi connectivity index (χ1) is 17.4. The van der Waals surface area contributed by atoms with E-state index in [1.807, 2.05) is 31.2 Å². The number of nitrogens with one attached hydrogen (secondary N) is 2. The number of anilines is 2. The van der Waals surface area contributed by atoms with E-state index in [0.29, 0.717) is 33.4 Å². The van der Waals surface area contributed by atoms with E-state index in [0.717, 1.165) is 11.3 Å². The monoisotopic (exact) mass is 515 g/mol. The molecule has 2 aliphatic rings. The third kappa shape index (κ3) is 5.73. The molecule has 4 rings (SSSR count). The van der Waals surface area contributed by atoms with Crippen molar-refractivity contribution in [1.29, 1.82) is 0 Å². The molecule has 2 heterocycles. The van der Waals surface area contributed by atoms with Gasteiger partial charge in [0, 0.05) is 22.5 Å². The molecule has 0 bridgehead atoms. The Labute approximate surface area is 222 Å². The van der Waals surface area contributed by atoms with Gasteiger partial charge in [0.25, 0.3) is 0 Å². The second-order valence-electron chi connectivity index (χ2n) is 10.1. The van der Waals surface area contributed by atoms with E-state index in [1.165, 1.54) is 0 Å². The van der Waals surface area contributed by atoms with Gasteiger partial charge in [0.2, 0.25) is 0 Å². The van der Waals surface area contributed by atoms with Crippen LogP contribution in [0.15, 0.2) is 89.1 Å². The lowest BCUT2D eigenvalue weighted by molar-refractivity contribution is -0.115. The number of hydrogen-bond donors (Lipinski definition) is 2. The summed E-state index contributed by atoms with van der Waals surface area (Å²) in [4.78, 5) is 30.0. The average molecular weight is 516 g/mol. The van der Waals surface area contributed by atoms with Crippen molar-refractivity contribution in [3.05, 3.63) is 89.6 Å². The third-order valence-corrected chi connectivity index (χ3v) is 6.55. The summed E-state index contributed by atoms with van der Waals surface area (Å²) in [6.45, 7) is 16.1. The van der Waals surface area contributed by atoms with Crippen LogP contribution in [0.5, 0.6) is 0 Å². The van der Waals surface area contributed by atoms with Crippen LogP contribution < -0.4 is 15.6 Å². The second kappa shape index (κ2) is 10.2. The van der Waals surface area contributed by atoms with E-state index >= 15 is 0 Å². The first kappa shape index (κ1) is 26.1. The Morgan fingerprint density at radius 3 is 2.41 bits per heavy atom. The summed E-state index contributed by atoms with van der Waals surface area (Å²) < 4.78 is 0. The summed E-state index contributed by atoms with van der Waals surface area (Å²) in [5, 5.41) is 12.3. The quantitative estimate of drug-likeness (QED) is 0.448. The summed E-state index contributed by atoms with van der Waals surface area (Å²) in [7, 11) is 0. The Balaban J connectivity index is 1.36. The van der Waals surface area contributed by atoms with Gasteiger partial charge in [-0.2, -0.15) is 5.10 Å². The molecule has 0 fully saturated rings. The smallest absolute Gasteiger partial charge is 0.308 e. The number of hydrogen-bond acceptors (Lipinski definition) is 5. The third-order valence-electron chi connectivity index (χ3n) is 6.32. The highest BCUT2D eigenvalue weighted by Gasteiger charge is 2.34. The van der Waals surface area contributed by atoms with Crippen molar-refractivity contribution in [3.8, 4) is 0 Å². The first-order valence-electron chi connectivity index (χ1n) is 11.9. The minimum Gasteiger partial charge on any atom is -0.308 e. The topological polar surface area (TPSA) is 86.2 Å². The summed E-state index contributed by atoms with van der Waals surface area (Å²) in [5.74, 6) is -0.106. The molecule has 2 aromatic carbocycles. The van der Waals surface area contributed by atoms with E-state index in [2.05, 4.69) is 54.7 Å². The fourth-order valence-corrected chi connectivity index (χ4v) is 4.47. The van der Waals surface area contributed by atoms with Crippen molar-refractivity contribution in [2.24, 2.45) is 21.4 Å². The Morgan fingerprint density at radius 2 is 1.78 bits per heavy atom. The lowest BCUT2D eigenvalue weighted by Gasteiger charge is -2.24. The van der Waals surface area contributed by atoms with Crippen molar-refractivity contribution in [2.75, 3.05) is 10.3 Å². The molecular weight excluding hydrogens is 486 g/mol. The van der Waals surface area contributed by atoms with Crippen molar-refractivity contribution >= 4 is 52.4 Å². The van der Waals surface area contributed by atoms with Crippen LogP contribution in [0.1, 0.15) is 33.3 Å². The summed E-state index contributed by atoms with van der Waals surface area (Å²) >= 11 is 6.11. The standard InChI is InChI=1S/C29H30ClN5O2/c1-17(27(36)24-16-31-35(19(24)3)23-9-7-8-21(30)14-23)20-10-12-22(13-11-20)33-28(37)34-26-15-25(18(2)32-26)29(4,5)6/h7-16,19,24H,1-2H2,3-6H3,(H2,32,33,34,37). The number of benzene rings is 2. The number of urea groups is 1. The Hall–Kier alpha value is -3.97. The number of hydrazone groups is 1. The minimum atomic E-state index is -0.442. The van der Waals surface area contributed by atoms with Crippen molar-refractivity contribution in [3.63, 3.8) is 0 Å². The number of rotatable bonds is 5. The van der Waals surface area contributed by atoms with Gasteiger partial charge < -0.3 is 5.32 Å². The van der Waals surface area contributed by atoms with Crippen LogP contribution in [0.25, 0.3) is 5.57 Å². The first-order valence-corrected chi connectivity index (χ1v) is 12.3. The number of amidine groups is 1. The molecule has 0 aromatic heterocycles. The van der Waals surface area contributed by atoms with Gasteiger partial charge in [0.1, 0.15) is 5.84 Å². The molecule has 2 aliphatic heterocycles. The van der Waals surface area contributed by atoms with Crippen LogP contribution in [0.4, 0.5) is 16.2 Å². The van der Waals surface area contributed by atoms with Crippen LogP contribution in [0.2, 0.25) is 5.02 Å². The molecule has 190 valence electrons. The molecular formula is C29H30ClN5O2. The molecule has 0 saturated carbocycles. The molecule has 8 heteroatoms. The molecule has 2 N–H and O–H groups in total. The van der Waals surface area contributed by atoms with Gasteiger partial charge in [-0.15, -0.1) is 0 Å². The molecule has 7 nitrogen and oxygen atoms in total. The zero-order valence-corrected chi connectivity index (χ0v) is 22.1. The van der Waals surface area contributed by atoms with Gasteiger partial charge >= 0.3 is 6.03 Å². The Morgan fingerprint density at radius 1 is 1.08 bits per heavy atom. The predicted molar refractivity (Wildman–Crippen MR) is 152 cm³/mol. The van der Waals surface area contributed by atoms with Gasteiger partial charge in [-0.3, -0.25) is 15.1 Å². The number of aliphatic imine (C=N–C) groups is 1. The fourth-order valence-electron chi connectivity index (χ4n) is 4.28. The largest absolute Gasteiger partial charge is 0.324 e. The van der Waals surface area contributed by atoms with Gasteiger partial charge in [-0.05, 0) is 59.9 Å². The molecule has 2 amide bonds. The molecule has 37 heavy (non-hydrogen) atoms. The van der Waals surface area contributed by atoms with Crippen LogP contribution in [0, 0.1) is 11.3 Å². The summed E-state index contributed by atoms with van der Waals surface area (Å²) in [5.41, 5.74) is 3.95. The zero-order valence-electron chi connectivity index (χ0n) is 21.4. The minimum absolute atomic E-state index is 0.111. The number of ketones is 1. The number of amides is 2. The van der Waals surface area contributed by atoms with E-state index in [1.54, 1.807) is 41.6 Å². The van der Waals surface area contributed by atoms with Crippen molar-refractivity contribution in [2.45, 2.75) is 33.7 Å². The number of carbonyl (C=O) groups excluding carboxylic acids is 2. The lowest BCUT2D eigenvalue weighted by Crippen LogP contribution is -2.34. The van der Waals surface area contributed by atoms with Crippen LogP contribution in [-0.4, -0.2) is 29.9 Å². The fraction of sp³-hybridized carbons (Fsp3) is 0.241. The molecule has 2 atom stereocenters. The van der Waals surface area contributed by atoms with Gasteiger partial charge in [0.15, 0.2) is 5.78 Å². The highest BCUT2D eigenvalue weighted by atomic mass is 35.5. The number of halogens is 1. The van der Waals surface area contributed by atoms with Crippen molar-refractivity contribution < 1.29 is 9.59 Å². The molecule has 0 spiro atoms. The molecule has 2 unspecified atom stereocenters. The average Bonchev–Trinajstić information content (AvgIpc) is 3.40. The SMILES string of the molecule is C=C1N=C(NC(=O)Nc2ccc(C(=C)C(=O)C3C=NN(c4cccc(Cl)c4)C3C)cc2)C=C1C(C)(C)C. The normalized spacial score (nSPS) is 18.9. The van der Waals surface area contributed by atoms with Crippen LogP contribution in [-0.2, 0) is 4.79 Å². The van der Waals surface area contributed by atoms with E-state index < -0.39 is 11.9 Å². The van der Waals surface area contributed by atoms with E-state index in [4.69, 9.17) is 11.6 Å². The van der Waals surface area contributed by atoms with E-state index in [-0.39, 0.29) is 17.2 Å². The lowest BCUT2D eigenvalue weighted by atomic mass is 9.85. The van der Waals surface area contributed by atoms with Crippen molar-refractivity contribution in [1.82, 2.24) is 5.32 Å². The van der Waals surface area contributed by atoms with Crippen LogP contribution >= 0.6 is 11.6 Å². The Kier molecular flexibility index (Phi) is 7.18. The maximum Gasteiger partial charge on any atom is 0.324 e. The molecule has 0 saturated heterocycles. The Bertz CT molecular complexity index is 1370. The van der Waals surface area contributed by atoms with Gasteiger partial charge in [-0.1, -0.05) is 63.7 Å². The molecule has 0 aliphatic carbocycles.